The molecule has 0 bridgehead atoms. The highest BCUT2D eigenvalue weighted by atomic mass is 19.3. The van der Waals surface area contributed by atoms with E-state index < -0.39 is 35.2 Å². The molecule has 0 fully saturated rings. The molecule has 1 rings (SSSR count). The fraction of sp³-hybridized carbons (Fsp3) is 0.286. The molecule has 0 saturated carbocycles. The molecule has 5 nitrogen and oxygen atoms in total. The second-order valence-electron chi connectivity index (χ2n) is 2.56. The molecule has 82 valence electrons. The number of nitrogens with zero attached hydrogens (tertiary/aromatic N) is 2. The van der Waals surface area contributed by atoms with E-state index in [2.05, 4.69) is 4.98 Å². The standard InChI is InChI=1S/C7H5F3N2O3/c8-5-4(6(9)10)1-3(2-13)11-7(5)12(14)15/h1,6,13H,2H2. The van der Waals surface area contributed by atoms with Crippen molar-refractivity contribution in [3.8, 4) is 0 Å². The van der Waals surface area contributed by atoms with Gasteiger partial charge in [0, 0.05) is 0 Å². The Morgan fingerprint density at radius 1 is 1.60 bits per heavy atom. The Balaban J connectivity index is 3.40. The van der Waals surface area contributed by atoms with Crippen LogP contribution in [0.15, 0.2) is 6.07 Å². The second-order valence-corrected chi connectivity index (χ2v) is 2.56. The maximum absolute atomic E-state index is 13.0. The summed E-state index contributed by atoms with van der Waals surface area (Å²) in [6, 6.07) is 0.590. The number of aliphatic hydroxyl groups excluding tert-OH is 1. The number of alkyl halides is 2. The van der Waals surface area contributed by atoms with Crippen LogP contribution in [0.5, 0.6) is 0 Å². The van der Waals surface area contributed by atoms with Crippen LogP contribution in [0, 0.1) is 15.9 Å². The molecule has 1 aromatic heterocycles. The maximum atomic E-state index is 13.0. The van der Waals surface area contributed by atoms with Gasteiger partial charge < -0.3 is 15.2 Å². The zero-order valence-electron chi connectivity index (χ0n) is 7.15. The number of nitro groups is 1. The molecule has 1 aromatic rings. The molecule has 1 N–H and O–H groups in total. The summed E-state index contributed by atoms with van der Waals surface area (Å²) < 4.78 is 37.5. The number of halogens is 3. The monoisotopic (exact) mass is 222 g/mol. The number of hydrogen-bond donors (Lipinski definition) is 1. The van der Waals surface area contributed by atoms with Gasteiger partial charge in [0.2, 0.25) is 5.82 Å². The van der Waals surface area contributed by atoms with Gasteiger partial charge in [0.1, 0.15) is 6.61 Å². The summed E-state index contributed by atoms with van der Waals surface area (Å²) in [5.74, 6) is -2.98. The van der Waals surface area contributed by atoms with Crippen LogP contribution in [0.3, 0.4) is 0 Å². The van der Waals surface area contributed by atoms with Crippen LogP contribution in [-0.2, 0) is 6.61 Å². The molecule has 0 aliphatic carbocycles. The average molecular weight is 222 g/mol. The minimum Gasteiger partial charge on any atom is -0.388 e. The van der Waals surface area contributed by atoms with Gasteiger partial charge in [-0.05, 0) is 16.0 Å². The van der Waals surface area contributed by atoms with Crippen molar-refractivity contribution in [2.24, 2.45) is 0 Å². The summed E-state index contributed by atoms with van der Waals surface area (Å²) in [4.78, 5) is 12.1. The number of hydrogen-bond acceptors (Lipinski definition) is 4. The lowest BCUT2D eigenvalue weighted by Crippen LogP contribution is -2.04. The van der Waals surface area contributed by atoms with E-state index >= 15 is 0 Å². The van der Waals surface area contributed by atoms with Crippen LogP contribution in [0.1, 0.15) is 17.7 Å². The van der Waals surface area contributed by atoms with Crippen LogP contribution >= 0.6 is 0 Å². The van der Waals surface area contributed by atoms with Crippen molar-refractivity contribution in [1.82, 2.24) is 4.98 Å². The van der Waals surface area contributed by atoms with E-state index in [4.69, 9.17) is 5.11 Å². The number of aliphatic hydroxyl groups is 1. The summed E-state index contributed by atoms with van der Waals surface area (Å²) >= 11 is 0. The van der Waals surface area contributed by atoms with E-state index in [0.717, 1.165) is 0 Å². The van der Waals surface area contributed by atoms with Gasteiger partial charge in [-0.25, -0.2) is 8.78 Å². The van der Waals surface area contributed by atoms with Crippen molar-refractivity contribution in [2.75, 3.05) is 0 Å². The third-order valence-corrected chi connectivity index (χ3v) is 1.59. The molecule has 8 heteroatoms. The number of aromatic nitrogens is 1. The fourth-order valence-electron chi connectivity index (χ4n) is 0.950. The summed E-state index contributed by atoms with van der Waals surface area (Å²) in [7, 11) is 0. The maximum Gasteiger partial charge on any atom is 0.400 e. The molecule has 0 amide bonds. The molecule has 0 radical (unpaired) electrons. The second kappa shape index (κ2) is 4.22. The third-order valence-electron chi connectivity index (χ3n) is 1.59. The zero-order chi connectivity index (χ0) is 11.6. The predicted octanol–water partition coefficient (Wildman–Crippen LogP) is 1.56. The van der Waals surface area contributed by atoms with Crippen molar-refractivity contribution in [3.63, 3.8) is 0 Å². The summed E-state index contributed by atoms with van der Waals surface area (Å²) in [5, 5.41) is 18.8. The smallest absolute Gasteiger partial charge is 0.388 e. The van der Waals surface area contributed by atoms with Gasteiger partial charge >= 0.3 is 5.82 Å². The lowest BCUT2D eigenvalue weighted by molar-refractivity contribution is -0.392. The number of pyridine rings is 1. The lowest BCUT2D eigenvalue weighted by atomic mass is 10.2. The third kappa shape index (κ3) is 2.21. The number of rotatable bonds is 3. The fourth-order valence-corrected chi connectivity index (χ4v) is 0.950. The molecular formula is C7H5F3N2O3. The van der Waals surface area contributed by atoms with E-state index in [1.807, 2.05) is 0 Å². The first-order valence-electron chi connectivity index (χ1n) is 3.70. The Kier molecular flexibility index (Phi) is 3.20. The zero-order valence-corrected chi connectivity index (χ0v) is 7.15. The summed E-state index contributed by atoms with van der Waals surface area (Å²) in [6.07, 6.45) is -3.20. The van der Waals surface area contributed by atoms with E-state index in [9.17, 15) is 23.3 Å². The van der Waals surface area contributed by atoms with Gasteiger partial charge in [-0.1, -0.05) is 0 Å². The van der Waals surface area contributed by atoms with Gasteiger partial charge in [0.25, 0.3) is 6.43 Å². The highest BCUT2D eigenvalue weighted by Gasteiger charge is 2.26. The SMILES string of the molecule is O=[N+]([O-])c1nc(CO)cc(C(F)F)c1F. The van der Waals surface area contributed by atoms with Crippen LogP contribution in [0.25, 0.3) is 0 Å². The van der Waals surface area contributed by atoms with Crippen molar-refractivity contribution in [1.29, 1.82) is 0 Å². The van der Waals surface area contributed by atoms with Crippen LogP contribution in [-0.4, -0.2) is 15.0 Å². The lowest BCUT2D eigenvalue weighted by Gasteiger charge is -2.02. The van der Waals surface area contributed by atoms with Crippen molar-refractivity contribution >= 4 is 5.82 Å². The van der Waals surface area contributed by atoms with Crippen molar-refractivity contribution < 1.29 is 23.2 Å². The molecule has 1 heterocycles. The van der Waals surface area contributed by atoms with Gasteiger partial charge in [-0.15, -0.1) is 0 Å². The van der Waals surface area contributed by atoms with Gasteiger partial charge in [0.05, 0.1) is 5.56 Å². The van der Waals surface area contributed by atoms with E-state index in [-0.39, 0.29) is 5.69 Å². The largest absolute Gasteiger partial charge is 0.400 e. The molecule has 0 aliphatic heterocycles. The molecular weight excluding hydrogens is 217 g/mol. The Bertz CT molecular complexity index is 397. The minimum atomic E-state index is -3.20. The van der Waals surface area contributed by atoms with Gasteiger partial charge in [-0.3, -0.25) is 0 Å². The summed E-state index contributed by atoms with van der Waals surface area (Å²) in [6.45, 7) is -0.777. The Hall–Kier alpha value is -1.70. The Morgan fingerprint density at radius 3 is 2.60 bits per heavy atom. The highest BCUT2D eigenvalue weighted by Crippen LogP contribution is 2.27. The molecule has 0 aromatic carbocycles. The van der Waals surface area contributed by atoms with Gasteiger partial charge in [-0.2, -0.15) is 4.39 Å². The summed E-state index contributed by atoms with van der Waals surface area (Å²) in [5.41, 5.74) is -1.51. The first-order chi connectivity index (χ1) is 6.97. The first-order valence-corrected chi connectivity index (χ1v) is 3.70. The van der Waals surface area contributed by atoms with Gasteiger partial charge in [0.15, 0.2) is 5.69 Å². The Morgan fingerprint density at radius 2 is 2.20 bits per heavy atom. The normalized spacial score (nSPS) is 10.7. The quantitative estimate of drug-likeness (QED) is 0.621. The molecule has 0 saturated heterocycles. The van der Waals surface area contributed by atoms with E-state index in [1.54, 1.807) is 0 Å². The van der Waals surface area contributed by atoms with Crippen molar-refractivity contribution in [2.45, 2.75) is 13.0 Å². The molecule has 0 aliphatic rings. The van der Waals surface area contributed by atoms with Crippen LogP contribution in [0.4, 0.5) is 19.0 Å². The van der Waals surface area contributed by atoms with Crippen LogP contribution < -0.4 is 0 Å². The van der Waals surface area contributed by atoms with Crippen molar-refractivity contribution in [3.05, 3.63) is 33.3 Å². The minimum absolute atomic E-state index is 0.376. The highest BCUT2D eigenvalue weighted by molar-refractivity contribution is 5.32. The molecule has 0 atom stereocenters. The first kappa shape index (κ1) is 11.4. The van der Waals surface area contributed by atoms with E-state index in [1.165, 1.54) is 0 Å². The topological polar surface area (TPSA) is 76.3 Å². The van der Waals surface area contributed by atoms with E-state index in [0.29, 0.717) is 6.07 Å². The average Bonchev–Trinajstić information content (AvgIpc) is 2.17. The molecule has 15 heavy (non-hydrogen) atoms. The molecule has 0 unspecified atom stereocenters. The predicted molar refractivity (Wildman–Crippen MR) is 41.7 cm³/mol. The Labute approximate surface area is 81.3 Å². The van der Waals surface area contributed by atoms with Crippen LogP contribution in [0.2, 0.25) is 0 Å². The molecule has 0 spiro atoms.